The van der Waals surface area contributed by atoms with Gasteiger partial charge in [0.2, 0.25) is 0 Å². The van der Waals surface area contributed by atoms with Crippen molar-refractivity contribution in [2.75, 3.05) is 35.7 Å². The Hall–Kier alpha value is -0.970. The van der Waals surface area contributed by atoms with Gasteiger partial charge in [-0.15, -0.1) is 0 Å². The first-order chi connectivity index (χ1) is 8.86. The lowest BCUT2D eigenvalue weighted by molar-refractivity contribution is 0.748. The number of hydrogen-bond donors (Lipinski definition) is 2. The molecular formula is C13H24N4S. The molecule has 0 saturated carbocycles. The number of nitrogens with one attached hydrogen (secondary N) is 2. The first-order valence-electron chi connectivity index (χ1n) is 6.65. The van der Waals surface area contributed by atoms with Gasteiger partial charge < -0.3 is 10.6 Å². The van der Waals surface area contributed by atoms with E-state index in [9.17, 15) is 0 Å². The molecule has 0 saturated heterocycles. The van der Waals surface area contributed by atoms with Gasteiger partial charge in [-0.2, -0.15) is 11.8 Å². The van der Waals surface area contributed by atoms with Crippen LogP contribution in [0.1, 0.15) is 32.6 Å². The fraction of sp³-hybridized carbons (Fsp3) is 0.692. The van der Waals surface area contributed by atoms with Crippen LogP contribution in [0.2, 0.25) is 0 Å². The number of nitrogens with zero attached hydrogens (tertiary/aromatic N) is 2. The van der Waals surface area contributed by atoms with Crippen LogP contribution in [0.4, 0.5) is 11.6 Å². The molecule has 0 fully saturated rings. The molecule has 0 aliphatic rings. The Morgan fingerprint density at radius 1 is 1.06 bits per heavy atom. The van der Waals surface area contributed by atoms with Crippen LogP contribution in [0.5, 0.6) is 0 Å². The molecule has 1 heterocycles. The van der Waals surface area contributed by atoms with Gasteiger partial charge in [-0.3, -0.25) is 0 Å². The largest absolute Gasteiger partial charge is 0.370 e. The fourth-order valence-corrected chi connectivity index (χ4v) is 2.06. The van der Waals surface area contributed by atoms with Crippen LogP contribution in [0.3, 0.4) is 0 Å². The Kier molecular flexibility index (Phi) is 8.38. The first-order valence-corrected chi connectivity index (χ1v) is 8.05. The summed E-state index contributed by atoms with van der Waals surface area (Å²) >= 11 is 1.92. The summed E-state index contributed by atoms with van der Waals surface area (Å²) in [7, 11) is 0. The van der Waals surface area contributed by atoms with Crippen molar-refractivity contribution in [2.24, 2.45) is 0 Å². The zero-order valence-electron chi connectivity index (χ0n) is 11.4. The lowest BCUT2D eigenvalue weighted by atomic mass is 10.2. The van der Waals surface area contributed by atoms with Gasteiger partial charge >= 0.3 is 0 Å². The maximum Gasteiger partial charge on any atom is 0.131 e. The Labute approximate surface area is 114 Å². The standard InChI is InChI=1S/C13H24N4S/c1-3-7-14-12-10-13(17-11-16-12)15-8-5-4-6-9-18-2/h10-11H,3-9H2,1-2H3,(H2,14,15,16,17). The summed E-state index contributed by atoms with van der Waals surface area (Å²) in [6.45, 7) is 4.08. The highest BCUT2D eigenvalue weighted by molar-refractivity contribution is 7.98. The van der Waals surface area contributed by atoms with Gasteiger partial charge in [0.25, 0.3) is 0 Å². The summed E-state index contributed by atoms with van der Waals surface area (Å²) in [5, 5.41) is 6.60. The quantitative estimate of drug-likeness (QED) is 0.638. The van der Waals surface area contributed by atoms with Crippen molar-refractivity contribution >= 4 is 23.4 Å². The number of hydrogen-bond acceptors (Lipinski definition) is 5. The van der Waals surface area contributed by atoms with Gasteiger partial charge in [0.05, 0.1) is 0 Å². The molecule has 0 aromatic carbocycles. The van der Waals surface area contributed by atoms with Crippen LogP contribution in [0.25, 0.3) is 0 Å². The normalized spacial score (nSPS) is 10.3. The summed E-state index contributed by atoms with van der Waals surface area (Å²) in [4.78, 5) is 8.40. The molecule has 0 amide bonds. The van der Waals surface area contributed by atoms with E-state index >= 15 is 0 Å². The molecular weight excluding hydrogens is 244 g/mol. The van der Waals surface area contributed by atoms with Crippen molar-refractivity contribution in [3.63, 3.8) is 0 Å². The fourth-order valence-electron chi connectivity index (χ4n) is 1.57. The zero-order valence-corrected chi connectivity index (χ0v) is 12.2. The third-order valence-electron chi connectivity index (χ3n) is 2.55. The average molecular weight is 268 g/mol. The van der Waals surface area contributed by atoms with E-state index < -0.39 is 0 Å². The number of rotatable bonds is 10. The number of thioether (sulfide) groups is 1. The van der Waals surface area contributed by atoms with Gasteiger partial charge in [0.15, 0.2) is 0 Å². The lowest BCUT2D eigenvalue weighted by Gasteiger charge is -2.07. The summed E-state index contributed by atoms with van der Waals surface area (Å²) in [6.07, 6.45) is 8.64. The Morgan fingerprint density at radius 2 is 1.78 bits per heavy atom. The number of aromatic nitrogens is 2. The van der Waals surface area contributed by atoms with Gasteiger partial charge in [-0.25, -0.2) is 9.97 Å². The predicted molar refractivity (Wildman–Crippen MR) is 81.5 cm³/mol. The van der Waals surface area contributed by atoms with E-state index in [2.05, 4.69) is 33.8 Å². The molecule has 5 heteroatoms. The maximum atomic E-state index is 4.22. The predicted octanol–water partition coefficient (Wildman–Crippen LogP) is 3.24. The number of anilines is 2. The Bertz CT molecular complexity index is 320. The van der Waals surface area contributed by atoms with Crippen molar-refractivity contribution in [1.29, 1.82) is 0 Å². The van der Waals surface area contributed by atoms with Gasteiger partial charge in [0, 0.05) is 19.2 Å². The van der Waals surface area contributed by atoms with Crippen LogP contribution in [0.15, 0.2) is 12.4 Å². The van der Waals surface area contributed by atoms with Crippen molar-refractivity contribution in [3.05, 3.63) is 12.4 Å². The van der Waals surface area contributed by atoms with Crippen LogP contribution < -0.4 is 10.6 Å². The molecule has 1 aromatic rings. The van der Waals surface area contributed by atoms with Gasteiger partial charge in [0.1, 0.15) is 18.0 Å². The maximum absolute atomic E-state index is 4.22. The second-order valence-corrected chi connectivity index (χ2v) is 5.18. The zero-order chi connectivity index (χ0) is 13.1. The lowest BCUT2D eigenvalue weighted by Crippen LogP contribution is -2.06. The third-order valence-corrected chi connectivity index (χ3v) is 3.25. The van der Waals surface area contributed by atoms with Crippen molar-refractivity contribution in [1.82, 2.24) is 9.97 Å². The van der Waals surface area contributed by atoms with Crippen molar-refractivity contribution < 1.29 is 0 Å². The molecule has 2 N–H and O–H groups in total. The minimum absolute atomic E-state index is 0.900. The van der Waals surface area contributed by atoms with Gasteiger partial charge in [-0.05, 0) is 31.3 Å². The van der Waals surface area contributed by atoms with E-state index in [0.717, 1.165) is 31.1 Å². The second kappa shape index (κ2) is 10.00. The van der Waals surface area contributed by atoms with E-state index in [1.807, 2.05) is 17.8 Å². The SMILES string of the molecule is CCCNc1cc(NCCCCCSC)ncn1. The molecule has 4 nitrogen and oxygen atoms in total. The second-order valence-electron chi connectivity index (χ2n) is 4.20. The Balaban J connectivity index is 2.20. The molecule has 0 aliphatic heterocycles. The average Bonchev–Trinajstić information content (AvgIpc) is 2.41. The number of unbranched alkanes of at least 4 members (excludes halogenated alkanes) is 2. The van der Waals surface area contributed by atoms with E-state index in [4.69, 9.17) is 0 Å². The van der Waals surface area contributed by atoms with E-state index in [0.29, 0.717) is 0 Å². The molecule has 102 valence electrons. The molecule has 1 aromatic heterocycles. The molecule has 0 bridgehead atoms. The molecule has 0 radical (unpaired) electrons. The summed E-state index contributed by atoms with van der Waals surface area (Å²) in [5.41, 5.74) is 0. The summed E-state index contributed by atoms with van der Waals surface area (Å²) in [6, 6.07) is 1.97. The van der Waals surface area contributed by atoms with Crippen LogP contribution >= 0.6 is 11.8 Å². The third kappa shape index (κ3) is 6.69. The van der Waals surface area contributed by atoms with E-state index in [1.165, 1.54) is 25.0 Å². The minimum Gasteiger partial charge on any atom is -0.370 e. The first kappa shape index (κ1) is 15.1. The molecule has 0 spiro atoms. The summed E-state index contributed by atoms with van der Waals surface area (Å²) < 4.78 is 0. The van der Waals surface area contributed by atoms with E-state index in [1.54, 1.807) is 6.33 Å². The molecule has 0 aliphatic carbocycles. The molecule has 0 unspecified atom stereocenters. The molecule has 18 heavy (non-hydrogen) atoms. The Morgan fingerprint density at radius 3 is 2.44 bits per heavy atom. The van der Waals surface area contributed by atoms with Gasteiger partial charge in [-0.1, -0.05) is 13.3 Å². The smallest absolute Gasteiger partial charge is 0.131 e. The van der Waals surface area contributed by atoms with E-state index in [-0.39, 0.29) is 0 Å². The van der Waals surface area contributed by atoms with Crippen LogP contribution in [-0.2, 0) is 0 Å². The highest BCUT2D eigenvalue weighted by Crippen LogP contribution is 2.09. The summed E-state index contributed by atoms with van der Waals surface area (Å²) in [5.74, 6) is 3.07. The molecule has 1 rings (SSSR count). The molecule has 0 atom stereocenters. The van der Waals surface area contributed by atoms with Crippen LogP contribution in [0, 0.1) is 0 Å². The van der Waals surface area contributed by atoms with Crippen molar-refractivity contribution in [3.8, 4) is 0 Å². The minimum atomic E-state index is 0.900. The van der Waals surface area contributed by atoms with Crippen LogP contribution in [-0.4, -0.2) is 35.1 Å². The van der Waals surface area contributed by atoms with Crippen molar-refractivity contribution in [2.45, 2.75) is 32.6 Å². The topological polar surface area (TPSA) is 49.8 Å². The highest BCUT2D eigenvalue weighted by atomic mass is 32.2. The highest BCUT2D eigenvalue weighted by Gasteiger charge is 1.97. The monoisotopic (exact) mass is 268 g/mol.